The van der Waals surface area contributed by atoms with Crippen molar-refractivity contribution in [3.63, 3.8) is 0 Å². The summed E-state index contributed by atoms with van der Waals surface area (Å²) in [6, 6.07) is 2.18. The first-order valence-corrected chi connectivity index (χ1v) is 6.51. The highest BCUT2D eigenvalue weighted by molar-refractivity contribution is 7.07. The van der Waals surface area contributed by atoms with Crippen LogP contribution in [-0.4, -0.2) is 16.3 Å². The minimum absolute atomic E-state index is 0.968. The Balaban J connectivity index is 1.89. The molecule has 0 bridgehead atoms. The number of nitrogens with zero attached hydrogens (tertiary/aromatic N) is 2. The fourth-order valence-corrected chi connectivity index (χ4v) is 2.42. The lowest BCUT2D eigenvalue weighted by Gasteiger charge is -2.03. The Morgan fingerprint density at radius 2 is 2.38 bits per heavy atom. The van der Waals surface area contributed by atoms with Crippen LogP contribution in [0, 0.1) is 0 Å². The summed E-state index contributed by atoms with van der Waals surface area (Å²) in [6.45, 7) is 3.10. The molecule has 1 N–H and O–H groups in total. The normalized spacial score (nSPS) is 10.6. The second-order valence-corrected chi connectivity index (χ2v) is 4.61. The molecule has 0 radical (unpaired) electrons. The quantitative estimate of drug-likeness (QED) is 0.863. The molecule has 2 aromatic heterocycles. The van der Waals surface area contributed by atoms with E-state index in [1.165, 1.54) is 11.3 Å². The van der Waals surface area contributed by atoms with Gasteiger partial charge in [0.1, 0.15) is 0 Å². The lowest BCUT2D eigenvalue weighted by atomic mass is 10.2. The Kier molecular flexibility index (Phi) is 3.62. The van der Waals surface area contributed by atoms with Crippen molar-refractivity contribution in [2.24, 2.45) is 7.05 Å². The van der Waals surface area contributed by atoms with Crippen LogP contribution < -0.4 is 5.32 Å². The monoisotopic (exact) mass is 235 g/mol. The Morgan fingerprint density at radius 3 is 3.06 bits per heavy atom. The Labute approximate surface area is 100 Å². The molecule has 0 unspecified atom stereocenters. The average molecular weight is 235 g/mol. The van der Waals surface area contributed by atoms with Gasteiger partial charge in [0.25, 0.3) is 0 Å². The summed E-state index contributed by atoms with van der Waals surface area (Å²) in [5.74, 6) is 0. The minimum atomic E-state index is 0.968. The predicted molar refractivity (Wildman–Crippen MR) is 69.1 cm³/mol. The van der Waals surface area contributed by atoms with Gasteiger partial charge < -0.3 is 5.32 Å². The Bertz CT molecular complexity index is 431. The van der Waals surface area contributed by atoms with Gasteiger partial charge in [0, 0.05) is 19.8 Å². The van der Waals surface area contributed by atoms with E-state index in [4.69, 9.17) is 0 Å². The fraction of sp³-hybridized carbons (Fsp3) is 0.417. The van der Waals surface area contributed by atoms with Gasteiger partial charge >= 0.3 is 0 Å². The number of aromatic nitrogens is 2. The van der Waals surface area contributed by atoms with E-state index in [9.17, 15) is 0 Å². The van der Waals surface area contributed by atoms with Crippen molar-refractivity contribution in [2.75, 3.05) is 11.9 Å². The largest absolute Gasteiger partial charge is 0.382 e. The van der Waals surface area contributed by atoms with E-state index in [1.54, 1.807) is 11.3 Å². The van der Waals surface area contributed by atoms with Gasteiger partial charge in [-0.1, -0.05) is 6.92 Å². The number of aryl methyl sites for hydroxylation is 2. The second-order valence-electron chi connectivity index (χ2n) is 3.83. The van der Waals surface area contributed by atoms with E-state index in [-0.39, 0.29) is 0 Å². The number of thiophene rings is 1. The summed E-state index contributed by atoms with van der Waals surface area (Å²) in [7, 11) is 1.96. The molecule has 0 aliphatic carbocycles. The molecule has 16 heavy (non-hydrogen) atoms. The zero-order valence-corrected chi connectivity index (χ0v) is 10.5. The van der Waals surface area contributed by atoms with Gasteiger partial charge in [-0.2, -0.15) is 16.4 Å². The van der Waals surface area contributed by atoms with E-state index in [1.807, 2.05) is 17.9 Å². The van der Waals surface area contributed by atoms with Crippen LogP contribution in [0.5, 0.6) is 0 Å². The molecular formula is C12H17N3S. The van der Waals surface area contributed by atoms with E-state index in [0.717, 1.165) is 25.1 Å². The number of hydrogen-bond donors (Lipinski definition) is 1. The van der Waals surface area contributed by atoms with Crippen molar-refractivity contribution >= 4 is 17.0 Å². The first kappa shape index (κ1) is 11.2. The van der Waals surface area contributed by atoms with Crippen molar-refractivity contribution in [3.05, 3.63) is 34.3 Å². The van der Waals surface area contributed by atoms with Crippen LogP contribution in [0.3, 0.4) is 0 Å². The standard InChI is InChI=1S/C12H17N3S/c1-3-11-12(8-15(2)14-11)13-6-4-10-5-7-16-9-10/h5,7-9,13H,3-4,6H2,1-2H3. The molecule has 0 saturated heterocycles. The Hall–Kier alpha value is -1.29. The molecule has 0 fully saturated rings. The predicted octanol–water partition coefficient (Wildman–Crippen LogP) is 2.70. The fourth-order valence-electron chi connectivity index (χ4n) is 1.72. The van der Waals surface area contributed by atoms with Gasteiger partial charge in [0.2, 0.25) is 0 Å². The molecule has 86 valence electrons. The SMILES string of the molecule is CCc1nn(C)cc1NCCc1ccsc1. The van der Waals surface area contributed by atoms with Crippen LogP contribution >= 0.6 is 11.3 Å². The summed E-state index contributed by atoms with van der Waals surface area (Å²) in [4.78, 5) is 0. The Morgan fingerprint density at radius 1 is 1.50 bits per heavy atom. The second kappa shape index (κ2) is 5.16. The molecule has 4 heteroatoms. The molecule has 0 spiro atoms. The molecular weight excluding hydrogens is 218 g/mol. The maximum atomic E-state index is 4.40. The maximum Gasteiger partial charge on any atom is 0.0853 e. The van der Waals surface area contributed by atoms with Crippen LogP contribution in [0.15, 0.2) is 23.0 Å². The third-order valence-electron chi connectivity index (χ3n) is 2.55. The van der Waals surface area contributed by atoms with Crippen LogP contribution in [0.25, 0.3) is 0 Å². The molecule has 0 aliphatic rings. The molecule has 2 rings (SSSR count). The smallest absolute Gasteiger partial charge is 0.0853 e. The van der Waals surface area contributed by atoms with E-state index >= 15 is 0 Å². The number of nitrogens with one attached hydrogen (secondary N) is 1. The molecule has 0 saturated carbocycles. The molecule has 0 aliphatic heterocycles. The van der Waals surface area contributed by atoms with Crippen molar-refractivity contribution in [1.29, 1.82) is 0 Å². The van der Waals surface area contributed by atoms with E-state index in [0.29, 0.717) is 0 Å². The maximum absolute atomic E-state index is 4.40. The van der Waals surface area contributed by atoms with Crippen molar-refractivity contribution in [1.82, 2.24) is 9.78 Å². The van der Waals surface area contributed by atoms with Gasteiger partial charge in [0.05, 0.1) is 11.4 Å². The first-order valence-electron chi connectivity index (χ1n) is 5.57. The topological polar surface area (TPSA) is 29.9 Å². The molecule has 2 aromatic rings. The highest BCUT2D eigenvalue weighted by Gasteiger charge is 2.04. The van der Waals surface area contributed by atoms with E-state index < -0.39 is 0 Å². The summed E-state index contributed by atoms with van der Waals surface area (Å²) in [5, 5.41) is 12.2. The van der Waals surface area contributed by atoms with Crippen molar-refractivity contribution in [2.45, 2.75) is 19.8 Å². The van der Waals surface area contributed by atoms with Crippen LogP contribution in [0.4, 0.5) is 5.69 Å². The third kappa shape index (κ3) is 2.64. The van der Waals surface area contributed by atoms with E-state index in [2.05, 4.69) is 34.2 Å². The summed E-state index contributed by atoms with van der Waals surface area (Å²) < 4.78 is 1.87. The summed E-state index contributed by atoms with van der Waals surface area (Å²) in [6.07, 6.45) is 4.09. The molecule has 0 amide bonds. The molecule has 0 aromatic carbocycles. The molecule has 2 heterocycles. The molecule has 3 nitrogen and oxygen atoms in total. The highest BCUT2D eigenvalue weighted by atomic mass is 32.1. The third-order valence-corrected chi connectivity index (χ3v) is 3.28. The van der Waals surface area contributed by atoms with Gasteiger partial charge in [-0.05, 0) is 35.2 Å². The molecule has 0 atom stereocenters. The zero-order chi connectivity index (χ0) is 11.4. The zero-order valence-electron chi connectivity index (χ0n) is 9.73. The van der Waals surface area contributed by atoms with Gasteiger partial charge in [0.15, 0.2) is 0 Å². The van der Waals surface area contributed by atoms with Crippen LogP contribution in [0.1, 0.15) is 18.2 Å². The lowest BCUT2D eigenvalue weighted by molar-refractivity contribution is 0.746. The number of anilines is 1. The van der Waals surface area contributed by atoms with Gasteiger partial charge in [-0.25, -0.2) is 0 Å². The van der Waals surface area contributed by atoms with Crippen LogP contribution in [-0.2, 0) is 19.9 Å². The number of hydrogen-bond acceptors (Lipinski definition) is 3. The minimum Gasteiger partial charge on any atom is -0.382 e. The summed E-state index contributed by atoms with van der Waals surface area (Å²) >= 11 is 1.75. The van der Waals surface area contributed by atoms with Gasteiger partial charge in [-0.3, -0.25) is 4.68 Å². The number of rotatable bonds is 5. The van der Waals surface area contributed by atoms with Crippen molar-refractivity contribution < 1.29 is 0 Å². The van der Waals surface area contributed by atoms with Gasteiger partial charge in [-0.15, -0.1) is 0 Å². The van der Waals surface area contributed by atoms with Crippen LogP contribution in [0.2, 0.25) is 0 Å². The summed E-state index contributed by atoms with van der Waals surface area (Å²) in [5.41, 5.74) is 3.72. The highest BCUT2D eigenvalue weighted by Crippen LogP contribution is 2.14. The first-order chi connectivity index (χ1) is 7.79. The lowest BCUT2D eigenvalue weighted by Crippen LogP contribution is -2.05. The van der Waals surface area contributed by atoms with Crippen molar-refractivity contribution in [3.8, 4) is 0 Å². The average Bonchev–Trinajstić information content (AvgIpc) is 2.88.